The first-order valence-electron chi connectivity index (χ1n) is 4.12. The summed E-state index contributed by atoms with van der Waals surface area (Å²) in [5.41, 5.74) is 0. The van der Waals surface area contributed by atoms with Crippen LogP contribution in [-0.4, -0.2) is 25.2 Å². The van der Waals surface area contributed by atoms with Gasteiger partial charge >= 0.3 is 0 Å². The number of nitrogens with one attached hydrogen (secondary N) is 2. The SMILES string of the molecule is C=CNC(C)=O.COC(C)NC(C)=O. The third-order valence-electron chi connectivity index (χ3n) is 1.07. The maximum atomic E-state index is 10.2. The minimum absolute atomic E-state index is 0.0700. The van der Waals surface area contributed by atoms with Gasteiger partial charge in [-0.1, -0.05) is 6.58 Å². The fourth-order valence-electron chi connectivity index (χ4n) is 0.489. The first kappa shape index (κ1) is 15.1. The van der Waals surface area contributed by atoms with Crippen LogP contribution in [0.15, 0.2) is 12.8 Å². The summed E-state index contributed by atoms with van der Waals surface area (Å²) in [6.45, 7) is 7.92. The van der Waals surface area contributed by atoms with E-state index in [4.69, 9.17) is 4.74 Å². The zero-order valence-corrected chi connectivity index (χ0v) is 9.09. The second kappa shape index (κ2) is 9.73. The number of hydrogen-bond donors (Lipinski definition) is 2. The zero-order chi connectivity index (χ0) is 11.6. The predicted octanol–water partition coefficient (Wildman–Crippen LogP) is 0.381. The van der Waals surface area contributed by atoms with E-state index in [1.807, 2.05) is 0 Å². The van der Waals surface area contributed by atoms with E-state index in [1.54, 1.807) is 14.0 Å². The summed E-state index contributed by atoms with van der Waals surface area (Å²) in [4.78, 5) is 20.1. The normalized spacial score (nSPS) is 10.3. The van der Waals surface area contributed by atoms with Crippen LogP contribution in [0.5, 0.6) is 0 Å². The Morgan fingerprint density at radius 2 is 1.86 bits per heavy atom. The molecule has 2 N–H and O–H groups in total. The van der Waals surface area contributed by atoms with Gasteiger partial charge in [0.1, 0.15) is 6.23 Å². The average molecular weight is 202 g/mol. The molecule has 5 nitrogen and oxygen atoms in total. The molecule has 0 spiro atoms. The van der Waals surface area contributed by atoms with Crippen LogP contribution >= 0.6 is 0 Å². The summed E-state index contributed by atoms with van der Waals surface area (Å²) in [5, 5.41) is 4.86. The lowest BCUT2D eigenvalue weighted by Gasteiger charge is -2.08. The van der Waals surface area contributed by atoms with Crippen molar-refractivity contribution in [2.75, 3.05) is 7.11 Å². The van der Waals surface area contributed by atoms with Crippen molar-refractivity contribution in [2.24, 2.45) is 0 Å². The van der Waals surface area contributed by atoms with Gasteiger partial charge in [-0.15, -0.1) is 0 Å². The van der Waals surface area contributed by atoms with Crippen molar-refractivity contribution in [3.05, 3.63) is 12.8 Å². The number of carbonyl (C=O) groups is 2. The van der Waals surface area contributed by atoms with Crippen molar-refractivity contribution in [1.29, 1.82) is 0 Å². The lowest BCUT2D eigenvalue weighted by atomic mass is 10.6. The van der Waals surface area contributed by atoms with Gasteiger partial charge in [-0.3, -0.25) is 9.59 Å². The number of rotatable bonds is 3. The molecule has 0 aromatic carbocycles. The number of hydrogen-bond acceptors (Lipinski definition) is 3. The first-order valence-corrected chi connectivity index (χ1v) is 4.12. The van der Waals surface area contributed by atoms with Crippen LogP contribution in [0, 0.1) is 0 Å². The molecule has 0 radical (unpaired) electrons. The van der Waals surface area contributed by atoms with Gasteiger partial charge in [0.25, 0.3) is 0 Å². The molecule has 0 saturated carbocycles. The van der Waals surface area contributed by atoms with Gasteiger partial charge in [0.2, 0.25) is 11.8 Å². The highest BCUT2D eigenvalue weighted by molar-refractivity contribution is 5.73. The Hall–Kier alpha value is -1.36. The third-order valence-corrected chi connectivity index (χ3v) is 1.07. The monoisotopic (exact) mass is 202 g/mol. The Labute approximate surface area is 84.5 Å². The summed E-state index contributed by atoms with van der Waals surface area (Å²) in [7, 11) is 1.54. The minimum atomic E-state index is -0.174. The molecule has 2 amide bonds. The Morgan fingerprint density at radius 3 is 1.93 bits per heavy atom. The molecule has 1 atom stereocenters. The van der Waals surface area contributed by atoms with Gasteiger partial charge in [0.05, 0.1) is 0 Å². The van der Waals surface area contributed by atoms with Crippen LogP contribution in [0.3, 0.4) is 0 Å². The van der Waals surface area contributed by atoms with E-state index in [9.17, 15) is 9.59 Å². The summed E-state index contributed by atoms with van der Waals surface area (Å²) in [6.07, 6.45) is 1.18. The van der Waals surface area contributed by atoms with Crippen LogP contribution in [0.1, 0.15) is 20.8 Å². The number of methoxy groups -OCH3 is 1. The van der Waals surface area contributed by atoms with Crippen LogP contribution in [0.2, 0.25) is 0 Å². The predicted molar refractivity (Wildman–Crippen MR) is 54.3 cm³/mol. The highest BCUT2D eigenvalue weighted by atomic mass is 16.5. The highest BCUT2D eigenvalue weighted by Crippen LogP contribution is 1.78. The summed E-state index contributed by atoms with van der Waals surface area (Å²) < 4.78 is 4.73. The van der Waals surface area contributed by atoms with Crippen LogP contribution in [-0.2, 0) is 14.3 Å². The van der Waals surface area contributed by atoms with Crippen LogP contribution in [0.25, 0.3) is 0 Å². The molecule has 0 heterocycles. The van der Waals surface area contributed by atoms with Gasteiger partial charge in [0, 0.05) is 21.0 Å². The van der Waals surface area contributed by atoms with E-state index < -0.39 is 0 Å². The number of carbonyl (C=O) groups excluding carboxylic acids is 2. The van der Waals surface area contributed by atoms with Crippen molar-refractivity contribution in [3.8, 4) is 0 Å². The van der Waals surface area contributed by atoms with Gasteiger partial charge in [0.15, 0.2) is 0 Å². The fraction of sp³-hybridized carbons (Fsp3) is 0.556. The average Bonchev–Trinajstić information content (AvgIpc) is 2.03. The third kappa shape index (κ3) is 16.9. The molecule has 0 aromatic heterocycles. The quantitative estimate of drug-likeness (QED) is 0.650. The maximum absolute atomic E-state index is 10.2. The van der Waals surface area contributed by atoms with E-state index in [1.165, 1.54) is 20.0 Å². The van der Waals surface area contributed by atoms with E-state index in [-0.39, 0.29) is 18.0 Å². The van der Waals surface area contributed by atoms with Gasteiger partial charge in [-0.05, 0) is 13.1 Å². The van der Waals surface area contributed by atoms with Crippen molar-refractivity contribution in [2.45, 2.75) is 27.0 Å². The van der Waals surface area contributed by atoms with Crippen LogP contribution in [0.4, 0.5) is 0 Å². The van der Waals surface area contributed by atoms with Crippen LogP contribution < -0.4 is 10.6 Å². The van der Waals surface area contributed by atoms with Gasteiger partial charge < -0.3 is 15.4 Å². The molecule has 0 aliphatic rings. The Balaban J connectivity index is 0. The molecular weight excluding hydrogens is 184 g/mol. The highest BCUT2D eigenvalue weighted by Gasteiger charge is 1.96. The molecule has 0 bridgehead atoms. The molecular formula is C9H18N2O3. The maximum Gasteiger partial charge on any atom is 0.220 e. The lowest BCUT2D eigenvalue weighted by molar-refractivity contribution is -0.122. The Kier molecular flexibility index (Phi) is 10.5. The van der Waals surface area contributed by atoms with E-state index in [0.717, 1.165) is 0 Å². The molecule has 0 saturated heterocycles. The largest absolute Gasteiger partial charge is 0.362 e. The van der Waals surface area contributed by atoms with Crippen molar-refractivity contribution in [1.82, 2.24) is 10.6 Å². The second-order valence-electron chi connectivity index (χ2n) is 2.48. The van der Waals surface area contributed by atoms with Gasteiger partial charge in [-0.25, -0.2) is 0 Å². The molecule has 0 aliphatic carbocycles. The fourth-order valence-corrected chi connectivity index (χ4v) is 0.489. The molecule has 1 unspecified atom stereocenters. The van der Waals surface area contributed by atoms with Crippen molar-refractivity contribution in [3.63, 3.8) is 0 Å². The van der Waals surface area contributed by atoms with E-state index >= 15 is 0 Å². The number of amides is 2. The topological polar surface area (TPSA) is 67.4 Å². The van der Waals surface area contributed by atoms with E-state index in [2.05, 4.69) is 17.2 Å². The summed E-state index contributed by atoms with van der Waals surface area (Å²) >= 11 is 0. The molecule has 0 rings (SSSR count). The smallest absolute Gasteiger partial charge is 0.220 e. The first-order chi connectivity index (χ1) is 6.43. The molecule has 0 fully saturated rings. The number of ether oxygens (including phenoxy) is 1. The summed E-state index contributed by atoms with van der Waals surface area (Å²) in [5.74, 6) is -0.149. The molecule has 5 heteroatoms. The molecule has 82 valence electrons. The summed E-state index contributed by atoms with van der Waals surface area (Å²) in [6, 6.07) is 0. The second-order valence-corrected chi connectivity index (χ2v) is 2.48. The molecule has 14 heavy (non-hydrogen) atoms. The zero-order valence-electron chi connectivity index (χ0n) is 9.09. The van der Waals surface area contributed by atoms with Gasteiger partial charge in [-0.2, -0.15) is 0 Å². The minimum Gasteiger partial charge on any atom is -0.362 e. The van der Waals surface area contributed by atoms with Crippen molar-refractivity contribution >= 4 is 11.8 Å². The van der Waals surface area contributed by atoms with Crippen molar-refractivity contribution < 1.29 is 14.3 Å². The Bertz CT molecular complexity index is 192. The Morgan fingerprint density at radius 1 is 1.36 bits per heavy atom. The lowest BCUT2D eigenvalue weighted by Crippen LogP contribution is -2.31. The standard InChI is InChI=1S/C5H11NO2.C4H7NO/c1-4(7)6-5(2)8-3;1-3-5-4(2)6/h5H,1-3H3,(H,6,7);3H,1H2,2H3,(H,5,6). The molecule has 0 aromatic rings. The molecule has 0 aliphatic heterocycles. The van der Waals surface area contributed by atoms with E-state index in [0.29, 0.717) is 0 Å².